The molecule has 108 valence electrons. The van der Waals surface area contributed by atoms with Gasteiger partial charge in [0.05, 0.1) is 24.7 Å². The Morgan fingerprint density at radius 2 is 1.89 bits per heavy atom. The molecule has 1 saturated carbocycles. The third-order valence-electron chi connectivity index (χ3n) is 4.11. The Kier molecular flexibility index (Phi) is 4.26. The molecule has 2 fully saturated rings. The van der Waals surface area contributed by atoms with Crippen molar-refractivity contribution in [3.05, 3.63) is 0 Å². The van der Waals surface area contributed by atoms with Crippen LogP contribution in [-0.4, -0.2) is 42.0 Å². The van der Waals surface area contributed by atoms with E-state index in [4.69, 9.17) is 10.5 Å². The average Bonchev–Trinajstić information content (AvgIpc) is 2.53. The molecule has 2 N–H and O–H groups in total. The van der Waals surface area contributed by atoms with Gasteiger partial charge in [0.2, 0.25) is 11.8 Å². The number of amides is 2. The lowest BCUT2D eigenvalue weighted by molar-refractivity contribution is -0.142. The van der Waals surface area contributed by atoms with Crippen LogP contribution < -0.4 is 5.73 Å². The van der Waals surface area contributed by atoms with Gasteiger partial charge in [-0.15, -0.1) is 0 Å². The fourth-order valence-corrected chi connectivity index (χ4v) is 2.82. The fraction of sp³-hybridized carbons (Fsp3) is 0.857. The van der Waals surface area contributed by atoms with Crippen molar-refractivity contribution in [3.8, 4) is 0 Å². The predicted octanol–water partition coefficient (Wildman–Crippen LogP) is 1.06. The molecule has 0 aromatic carbocycles. The largest absolute Gasteiger partial charge is 0.376 e. The summed E-state index contributed by atoms with van der Waals surface area (Å²) >= 11 is 0. The van der Waals surface area contributed by atoms with Crippen molar-refractivity contribution in [1.29, 1.82) is 0 Å². The highest BCUT2D eigenvalue weighted by Crippen LogP contribution is 2.31. The van der Waals surface area contributed by atoms with Gasteiger partial charge in [-0.05, 0) is 25.7 Å². The van der Waals surface area contributed by atoms with Crippen LogP contribution in [0.5, 0.6) is 0 Å². The molecule has 2 aliphatic rings. The van der Waals surface area contributed by atoms with Gasteiger partial charge < -0.3 is 10.5 Å². The first-order chi connectivity index (χ1) is 8.90. The zero-order chi connectivity index (χ0) is 14.0. The van der Waals surface area contributed by atoms with Gasteiger partial charge in [-0.2, -0.15) is 0 Å². The van der Waals surface area contributed by atoms with Crippen LogP contribution in [0.2, 0.25) is 0 Å². The number of ether oxygens (including phenoxy) is 1. The number of carbonyl (C=O) groups is 2. The summed E-state index contributed by atoms with van der Waals surface area (Å²) in [6.45, 7) is 4.45. The molecule has 0 atom stereocenters. The maximum atomic E-state index is 12.0. The van der Waals surface area contributed by atoms with E-state index in [1.165, 1.54) is 4.90 Å². The first kappa shape index (κ1) is 14.5. The van der Waals surface area contributed by atoms with Crippen LogP contribution in [0.3, 0.4) is 0 Å². The van der Waals surface area contributed by atoms with Gasteiger partial charge in [0, 0.05) is 12.5 Å². The van der Waals surface area contributed by atoms with Crippen molar-refractivity contribution in [2.24, 2.45) is 11.1 Å². The number of likely N-dealkylation sites (tertiary alicyclic amines) is 1. The smallest absolute Gasteiger partial charge is 0.235 e. The average molecular weight is 268 g/mol. The molecule has 2 amide bonds. The maximum Gasteiger partial charge on any atom is 0.235 e. The van der Waals surface area contributed by atoms with Crippen LogP contribution in [0, 0.1) is 5.41 Å². The van der Waals surface area contributed by atoms with Gasteiger partial charge in [0.1, 0.15) is 0 Å². The zero-order valence-corrected chi connectivity index (χ0v) is 11.9. The monoisotopic (exact) mass is 268 g/mol. The first-order valence-electron chi connectivity index (χ1n) is 7.12. The summed E-state index contributed by atoms with van der Waals surface area (Å²) in [7, 11) is 0. The lowest BCUT2D eigenvalue weighted by Crippen LogP contribution is -2.37. The quantitative estimate of drug-likeness (QED) is 0.774. The molecule has 1 aliphatic heterocycles. The van der Waals surface area contributed by atoms with E-state index in [9.17, 15) is 9.59 Å². The minimum atomic E-state index is -0.547. The highest BCUT2D eigenvalue weighted by Gasteiger charge is 2.44. The van der Waals surface area contributed by atoms with Crippen LogP contribution in [0.15, 0.2) is 0 Å². The minimum Gasteiger partial charge on any atom is -0.376 e. The number of nitrogens with zero attached hydrogens (tertiary/aromatic N) is 1. The van der Waals surface area contributed by atoms with E-state index in [2.05, 4.69) is 0 Å². The molecule has 19 heavy (non-hydrogen) atoms. The normalized spacial score (nSPS) is 31.0. The summed E-state index contributed by atoms with van der Waals surface area (Å²) in [4.78, 5) is 25.1. The molecule has 2 rings (SSSR count). The molecule has 5 heteroatoms. The van der Waals surface area contributed by atoms with E-state index in [0.29, 0.717) is 25.6 Å². The second-order valence-electron chi connectivity index (χ2n) is 6.32. The number of imide groups is 1. The molecule has 1 aliphatic carbocycles. The molecule has 5 nitrogen and oxygen atoms in total. The highest BCUT2D eigenvalue weighted by atomic mass is 16.5. The SMILES string of the molecule is CC1(C)CC(=O)N(CCOC2CCC(N)CC2)C1=O. The summed E-state index contributed by atoms with van der Waals surface area (Å²) in [5.41, 5.74) is 5.29. The number of nitrogens with two attached hydrogens (primary N) is 1. The molecule has 1 heterocycles. The molecule has 1 saturated heterocycles. The van der Waals surface area contributed by atoms with E-state index in [1.54, 1.807) is 0 Å². The number of hydrogen-bond acceptors (Lipinski definition) is 4. The van der Waals surface area contributed by atoms with Crippen molar-refractivity contribution in [3.63, 3.8) is 0 Å². The van der Waals surface area contributed by atoms with Gasteiger partial charge in [0.25, 0.3) is 0 Å². The van der Waals surface area contributed by atoms with E-state index in [1.807, 2.05) is 13.8 Å². The lowest BCUT2D eigenvalue weighted by Gasteiger charge is -2.27. The Morgan fingerprint density at radius 3 is 2.42 bits per heavy atom. The zero-order valence-electron chi connectivity index (χ0n) is 11.9. The molecule has 0 spiro atoms. The lowest BCUT2D eigenvalue weighted by atomic mass is 9.92. The van der Waals surface area contributed by atoms with E-state index < -0.39 is 5.41 Å². The van der Waals surface area contributed by atoms with E-state index >= 15 is 0 Å². The minimum absolute atomic E-state index is 0.0771. The van der Waals surface area contributed by atoms with Crippen molar-refractivity contribution < 1.29 is 14.3 Å². The third kappa shape index (κ3) is 3.34. The van der Waals surface area contributed by atoms with Crippen LogP contribution in [0.4, 0.5) is 0 Å². The fourth-order valence-electron chi connectivity index (χ4n) is 2.82. The Balaban J connectivity index is 1.74. The second-order valence-corrected chi connectivity index (χ2v) is 6.32. The van der Waals surface area contributed by atoms with Crippen LogP contribution >= 0.6 is 0 Å². The Labute approximate surface area is 114 Å². The number of rotatable bonds is 4. The molecular formula is C14H24N2O3. The Hall–Kier alpha value is -0.940. The molecule has 0 bridgehead atoms. The van der Waals surface area contributed by atoms with Gasteiger partial charge in [0.15, 0.2) is 0 Å². The molecule has 0 aromatic rings. The van der Waals surface area contributed by atoms with E-state index in [-0.39, 0.29) is 17.9 Å². The van der Waals surface area contributed by atoms with Gasteiger partial charge >= 0.3 is 0 Å². The second kappa shape index (κ2) is 5.59. The van der Waals surface area contributed by atoms with Crippen LogP contribution in [-0.2, 0) is 14.3 Å². The van der Waals surface area contributed by atoms with Crippen LogP contribution in [0.1, 0.15) is 46.0 Å². The summed E-state index contributed by atoms with van der Waals surface area (Å²) < 4.78 is 5.76. The van der Waals surface area contributed by atoms with Gasteiger partial charge in [-0.3, -0.25) is 14.5 Å². The molecule has 0 radical (unpaired) electrons. The maximum absolute atomic E-state index is 12.0. The third-order valence-corrected chi connectivity index (χ3v) is 4.11. The van der Waals surface area contributed by atoms with Crippen molar-refractivity contribution in [1.82, 2.24) is 4.90 Å². The topological polar surface area (TPSA) is 72.6 Å². The molecule has 0 unspecified atom stereocenters. The Morgan fingerprint density at radius 1 is 1.26 bits per heavy atom. The Bertz CT molecular complexity index is 360. The summed E-state index contributed by atoms with van der Waals surface area (Å²) in [6.07, 6.45) is 4.51. The first-order valence-corrected chi connectivity index (χ1v) is 7.12. The number of carbonyl (C=O) groups excluding carboxylic acids is 2. The van der Waals surface area contributed by atoms with Crippen molar-refractivity contribution in [2.75, 3.05) is 13.2 Å². The standard InChI is InChI=1S/C14H24N2O3/c1-14(2)9-12(17)16(13(14)18)7-8-19-11-5-3-10(15)4-6-11/h10-11H,3-9,15H2,1-2H3. The van der Waals surface area contributed by atoms with Gasteiger partial charge in [-0.1, -0.05) is 13.8 Å². The molecular weight excluding hydrogens is 244 g/mol. The van der Waals surface area contributed by atoms with Crippen molar-refractivity contribution >= 4 is 11.8 Å². The summed E-state index contributed by atoms with van der Waals surface area (Å²) in [5, 5.41) is 0. The van der Waals surface area contributed by atoms with Crippen LogP contribution in [0.25, 0.3) is 0 Å². The highest BCUT2D eigenvalue weighted by molar-refractivity contribution is 6.05. The van der Waals surface area contributed by atoms with Crippen molar-refractivity contribution in [2.45, 2.75) is 58.1 Å². The summed E-state index contributed by atoms with van der Waals surface area (Å²) in [5.74, 6) is -0.156. The summed E-state index contributed by atoms with van der Waals surface area (Å²) in [6, 6.07) is 0.308. The molecule has 0 aromatic heterocycles. The predicted molar refractivity (Wildman–Crippen MR) is 71.3 cm³/mol. The number of hydrogen-bond donors (Lipinski definition) is 1. The van der Waals surface area contributed by atoms with Gasteiger partial charge in [-0.25, -0.2) is 0 Å². The van der Waals surface area contributed by atoms with E-state index in [0.717, 1.165) is 25.7 Å².